The van der Waals surface area contributed by atoms with Crippen LogP contribution < -0.4 is 10.1 Å². The van der Waals surface area contributed by atoms with Gasteiger partial charge in [-0.15, -0.1) is 0 Å². The fourth-order valence-electron chi connectivity index (χ4n) is 3.45. The van der Waals surface area contributed by atoms with E-state index in [4.69, 9.17) is 4.74 Å². The quantitative estimate of drug-likeness (QED) is 0.760. The monoisotopic (exact) mass is 416 g/mol. The summed E-state index contributed by atoms with van der Waals surface area (Å²) in [5, 5.41) is 2.68. The SMILES string of the molecule is COc1ccc(S(=O)(=O)N2CCCCC2)cc1C(=O)N[C@@H]1CCS(=O)(=O)C1. The van der Waals surface area contributed by atoms with Crippen molar-refractivity contribution < 1.29 is 26.4 Å². The van der Waals surface area contributed by atoms with Gasteiger partial charge in [0.15, 0.2) is 9.84 Å². The molecule has 0 saturated carbocycles. The number of piperidine rings is 1. The van der Waals surface area contributed by atoms with Crippen molar-refractivity contribution in [2.75, 3.05) is 31.7 Å². The molecule has 0 aliphatic carbocycles. The predicted molar refractivity (Wildman–Crippen MR) is 100 cm³/mol. The average molecular weight is 417 g/mol. The Morgan fingerprint density at radius 2 is 1.93 bits per heavy atom. The number of sulfone groups is 1. The first kappa shape index (κ1) is 20.1. The normalized spacial score (nSPS) is 23.1. The molecular weight excluding hydrogens is 392 g/mol. The number of carbonyl (C=O) groups is 1. The summed E-state index contributed by atoms with van der Waals surface area (Å²) >= 11 is 0. The first-order chi connectivity index (χ1) is 12.7. The van der Waals surface area contributed by atoms with E-state index in [2.05, 4.69) is 5.32 Å². The van der Waals surface area contributed by atoms with Crippen molar-refractivity contribution in [3.63, 3.8) is 0 Å². The van der Waals surface area contributed by atoms with E-state index in [-0.39, 0.29) is 27.7 Å². The number of benzene rings is 1. The van der Waals surface area contributed by atoms with Crippen LogP contribution in [0, 0.1) is 0 Å². The topological polar surface area (TPSA) is 110 Å². The lowest BCUT2D eigenvalue weighted by Crippen LogP contribution is -2.37. The molecule has 1 atom stereocenters. The lowest BCUT2D eigenvalue weighted by molar-refractivity contribution is 0.0938. The minimum Gasteiger partial charge on any atom is -0.496 e. The van der Waals surface area contributed by atoms with Gasteiger partial charge in [-0.3, -0.25) is 4.79 Å². The molecule has 10 heteroatoms. The first-order valence-corrected chi connectivity index (χ1v) is 12.2. The highest BCUT2D eigenvalue weighted by atomic mass is 32.2. The molecule has 3 rings (SSSR count). The van der Waals surface area contributed by atoms with E-state index in [0.717, 1.165) is 19.3 Å². The molecule has 2 aliphatic heterocycles. The van der Waals surface area contributed by atoms with Crippen LogP contribution in [0.2, 0.25) is 0 Å². The van der Waals surface area contributed by atoms with Crippen molar-refractivity contribution in [1.82, 2.24) is 9.62 Å². The van der Waals surface area contributed by atoms with Crippen LogP contribution in [0.1, 0.15) is 36.0 Å². The highest BCUT2D eigenvalue weighted by molar-refractivity contribution is 7.91. The summed E-state index contributed by atoms with van der Waals surface area (Å²) in [5.41, 5.74) is 0.0832. The molecule has 0 radical (unpaired) electrons. The average Bonchev–Trinajstić information content (AvgIpc) is 3.00. The van der Waals surface area contributed by atoms with Gasteiger partial charge in [-0.1, -0.05) is 6.42 Å². The van der Waals surface area contributed by atoms with Crippen LogP contribution in [0.25, 0.3) is 0 Å². The number of carbonyl (C=O) groups excluding carboxylic acids is 1. The van der Waals surface area contributed by atoms with Crippen LogP contribution in [0.5, 0.6) is 5.75 Å². The van der Waals surface area contributed by atoms with E-state index in [1.54, 1.807) is 0 Å². The van der Waals surface area contributed by atoms with Gasteiger partial charge in [0.25, 0.3) is 5.91 Å². The van der Waals surface area contributed by atoms with Gasteiger partial charge < -0.3 is 10.1 Å². The molecule has 150 valence electrons. The molecule has 0 aromatic heterocycles. The van der Waals surface area contributed by atoms with Gasteiger partial charge in [-0.25, -0.2) is 16.8 Å². The Balaban J connectivity index is 1.86. The van der Waals surface area contributed by atoms with Crippen molar-refractivity contribution in [3.05, 3.63) is 23.8 Å². The Kier molecular flexibility index (Phi) is 5.78. The molecule has 1 amide bonds. The maximum atomic E-state index is 12.9. The minimum absolute atomic E-state index is 0.0365. The number of methoxy groups -OCH3 is 1. The van der Waals surface area contributed by atoms with Crippen molar-refractivity contribution in [1.29, 1.82) is 0 Å². The van der Waals surface area contributed by atoms with Crippen LogP contribution in [-0.2, 0) is 19.9 Å². The minimum atomic E-state index is -3.69. The molecule has 2 aliphatic rings. The van der Waals surface area contributed by atoms with E-state index >= 15 is 0 Å². The zero-order valence-corrected chi connectivity index (χ0v) is 16.8. The molecule has 1 N–H and O–H groups in total. The van der Waals surface area contributed by atoms with Gasteiger partial charge in [-0.05, 0) is 37.5 Å². The maximum Gasteiger partial charge on any atom is 0.255 e. The fourth-order valence-corrected chi connectivity index (χ4v) is 6.67. The molecule has 0 bridgehead atoms. The lowest BCUT2D eigenvalue weighted by Gasteiger charge is -2.26. The number of rotatable bonds is 5. The third-order valence-electron chi connectivity index (χ3n) is 4.94. The molecule has 2 fully saturated rings. The largest absolute Gasteiger partial charge is 0.496 e. The Bertz CT molecular complexity index is 921. The third kappa shape index (κ3) is 4.44. The van der Waals surface area contributed by atoms with E-state index in [0.29, 0.717) is 19.5 Å². The summed E-state index contributed by atoms with van der Waals surface area (Å²) in [6.07, 6.45) is 2.99. The van der Waals surface area contributed by atoms with Gasteiger partial charge in [0, 0.05) is 19.1 Å². The van der Waals surface area contributed by atoms with E-state index in [9.17, 15) is 21.6 Å². The van der Waals surface area contributed by atoms with Crippen molar-refractivity contribution in [2.24, 2.45) is 0 Å². The van der Waals surface area contributed by atoms with Gasteiger partial charge >= 0.3 is 0 Å². The molecule has 2 saturated heterocycles. The van der Waals surface area contributed by atoms with Crippen LogP contribution >= 0.6 is 0 Å². The molecular formula is C17H24N2O6S2. The maximum absolute atomic E-state index is 12.9. The summed E-state index contributed by atoms with van der Waals surface area (Å²) in [4.78, 5) is 12.7. The van der Waals surface area contributed by atoms with Crippen molar-refractivity contribution >= 4 is 25.8 Å². The van der Waals surface area contributed by atoms with Gasteiger partial charge in [-0.2, -0.15) is 4.31 Å². The predicted octanol–water partition coefficient (Wildman–Crippen LogP) is 0.787. The number of nitrogens with one attached hydrogen (secondary N) is 1. The molecule has 0 unspecified atom stereocenters. The standard InChI is InChI=1S/C17H24N2O6S2/c1-25-16-6-5-14(27(23,24)19-8-3-2-4-9-19)11-15(16)17(20)18-13-7-10-26(21,22)12-13/h5-6,11,13H,2-4,7-10,12H2,1H3,(H,18,20)/t13-/m1/s1. The first-order valence-electron chi connectivity index (χ1n) is 8.92. The second-order valence-corrected chi connectivity index (χ2v) is 11.1. The Hall–Kier alpha value is -1.65. The van der Waals surface area contributed by atoms with E-state index < -0.39 is 31.8 Å². The van der Waals surface area contributed by atoms with Gasteiger partial charge in [0.2, 0.25) is 10.0 Å². The van der Waals surface area contributed by atoms with E-state index in [1.165, 1.54) is 29.6 Å². The van der Waals surface area contributed by atoms with Gasteiger partial charge in [0.05, 0.1) is 29.1 Å². The Labute approximate surface area is 159 Å². The lowest BCUT2D eigenvalue weighted by atomic mass is 10.1. The number of hydrogen-bond acceptors (Lipinski definition) is 6. The fraction of sp³-hybridized carbons (Fsp3) is 0.588. The summed E-state index contributed by atoms with van der Waals surface area (Å²) in [7, 11) is -5.43. The van der Waals surface area contributed by atoms with Crippen LogP contribution in [0.4, 0.5) is 0 Å². The third-order valence-corrected chi connectivity index (χ3v) is 8.60. The smallest absolute Gasteiger partial charge is 0.255 e. The van der Waals surface area contributed by atoms with Crippen LogP contribution in [0.15, 0.2) is 23.1 Å². The number of amides is 1. The second-order valence-electron chi connectivity index (χ2n) is 6.90. The van der Waals surface area contributed by atoms with Crippen LogP contribution in [-0.4, -0.2) is 64.8 Å². The zero-order valence-electron chi connectivity index (χ0n) is 15.2. The zero-order chi connectivity index (χ0) is 19.7. The van der Waals surface area contributed by atoms with Crippen molar-refractivity contribution in [2.45, 2.75) is 36.6 Å². The molecule has 1 aromatic rings. The molecule has 1 aromatic carbocycles. The highest BCUT2D eigenvalue weighted by Gasteiger charge is 2.31. The summed E-state index contributed by atoms with van der Waals surface area (Å²) in [6.45, 7) is 0.936. The molecule has 2 heterocycles. The number of nitrogens with zero attached hydrogens (tertiary/aromatic N) is 1. The summed E-state index contributed by atoms with van der Waals surface area (Å²) in [5.74, 6) is -0.360. The highest BCUT2D eigenvalue weighted by Crippen LogP contribution is 2.26. The second kappa shape index (κ2) is 7.76. The number of hydrogen-bond donors (Lipinski definition) is 1. The molecule has 27 heavy (non-hydrogen) atoms. The van der Waals surface area contributed by atoms with Gasteiger partial charge in [0.1, 0.15) is 5.75 Å². The summed E-state index contributed by atoms with van der Waals surface area (Å²) in [6, 6.07) is 3.72. The molecule has 8 nitrogen and oxygen atoms in total. The Morgan fingerprint density at radius 1 is 1.22 bits per heavy atom. The number of sulfonamides is 1. The Morgan fingerprint density at radius 3 is 2.52 bits per heavy atom. The number of ether oxygens (including phenoxy) is 1. The van der Waals surface area contributed by atoms with Crippen LogP contribution in [0.3, 0.4) is 0 Å². The molecule has 0 spiro atoms. The summed E-state index contributed by atoms with van der Waals surface area (Å²) < 4.78 is 55.5. The van der Waals surface area contributed by atoms with Crippen molar-refractivity contribution in [3.8, 4) is 5.75 Å². The van der Waals surface area contributed by atoms with E-state index in [1.807, 2.05) is 0 Å².